The van der Waals surface area contributed by atoms with E-state index in [0.717, 1.165) is 30.0 Å². The first kappa shape index (κ1) is 11.9. The molecule has 0 aliphatic carbocycles. The van der Waals surface area contributed by atoms with E-state index in [2.05, 4.69) is 8.70 Å². The van der Waals surface area contributed by atoms with E-state index in [1.165, 1.54) is 0 Å². The van der Waals surface area contributed by atoms with Crippen LogP contribution in [0.1, 0.15) is 0 Å². The molecular weight excluding hydrogens is 267 g/mol. The Labute approximate surface area is 102 Å². The molecule has 1 aliphatic rings. The summed E-state index contributed by atoms with van der Waals surface area (Å²) in [5.41, 5.74) is 0. The van der Waals surface area contributed by atoms with E-state index in [-0.39, 0.29) is 0 Å². The first-order chi connectivity index (χ1) is 7.21. The molecule has 1 aromatic carbocycles. The van der Waals surface area contributed by atoms with Gasteiger partial charge in [0.1, 0.15) is 0 Å². The summed E-state index contributed by atoms with van der Waals surface area (Å²) < 4.78 is 3.40. The molecular formula is C10H14Cl2N2Ti. The van der Waals surface area contributed by atoms with Gasteiger partial charge in [-0.3, -0.25) is 0 Å². The van der Waals surface area contributed by atoms with Crippen LogP contribution in [0.3, 0.4) is 0 Å². The Kier molecular flexibility index (Phi) is 4.11. The van der Waals surface area contributed by atoms with Gasteiger partial charge in [-0.2, -0.15) is 0 Å². The van der Waals surface area contributed by atoms with Gasteiger partial charge in [-0.05, 0) is 0 Å². The molecule has 1 aliphatic heterocycles. The number of nitrogens with zero attached hydrogens (tertiary/aromatic N) is 1. The van der Waals surface area contributed by atoms with Gasteiger partial charge in [0.05, 0.1) is 0 Å². The molecule has 1 fully saturated rings. The Balaban J connectivity index is 2.18. The van der Waals surface area contributed by atoms with E-state index in [9.17, 15) is 0 Å². The first-order valence-electron chi connectivity index (χ1n) is 5.10. The number of benzene rings is 1. The quantitative estimate of drug-likeness (QED) is 0.828. The van der Waals surface area contributed by atoms with Crippen molar-refractivity contribution in [1.29, 1.82) is 0 Å². The Morgan fingerprint density at radius 2 is 1.67 bits per heavy atom. The van der Waals surface area contributed by atoms with Crippen LogP contribution >= 0.6 is 18.6 Å². The normalized spacial score (nSPS) is 19.1. The van der Waals surface area contributed by atoms with Crippen LogP contribution in [-0.4, -0.2) is 29.6 Å². The molecule has 0 bridgehead atoms. The van der Waals surface area contributed by atoms with Crippen LogP contribution in [0.5, 0.6) is 0 Å². The molecule has 1 heterocycles. The van der Waals surface area contributed by atoms with Crippen molar-refractivity contribution in [3.8, 4) is 0 Å². The van der Waals surface area contributed by atoms with Crippen molar-refractivity contribution < 1.29 is 14.7 Å². The molecule has 1 saturated heterocycles. The van der Waals surface area contributed by atoms with Crippen molar-refractivity contribution in [3.05, 3.63) is 30.3 Å². The number of rotatable bonds is 2. The van der Waals surface area contributed by atoms with Crippen molar-refractivity contribution in [1.82, 2.24) is 8.70 Å². The SMILES string of the molecule is [Cl][Ti]([Cl])([c]1ccccc1)[N]1CCNCC1. The Hall–Kier alpha value is 0.434. The van der Waals surface area contributed by atoms with Gasteiger partial charge in [0.15, 0.2) is 0 Å². The second-order valence-corrected chi connectivity index (χ2v) is 12.5. The summed E-state index contributed by atoms with van der Waals surface area (Å²) in [5, 5.41) is 3.31. The van der Waals surface area contributed by atoms with Gasteiger partial charge in [0.2, 0.25) is 0 Å². The maximum atomic E-state index is 6.59. The van der Waals surface area contributed by atoms with Crippen molar-refractivity contribution >= 4 is 22.5 Å². The van der Waals surface area contributed by atoms with Crippen molar-refractivity contribution in [2.45, 2.75) is 0 Å². The third-order valence-corrected chi connectivity index (χ3v) is 9.95. The topological polar surface area (TPSA) is 15.3 Å². The van der Waals surface area contributed by atoms with Gasteiger partial charge < -0.3 is 0 Å². The molecule has 0 radical (unpaired) electrons. The van der Waals surface area contributed by atoms with Gasteiger partial charge in [-0.25, -0.2) is 0 Å². The number of hydrogen-bond acceptors (Lipinski definition) is 2. The fourth-order valence-corrected chi connectivity index (χ4v) is 6.92. The standard InChI is InChI=1S/C6H5.C4H9N2.2ClH.Ti/c1-2-4-6-5-3-1;1-2-6-4-3-5-1;;;/h1-5H;5H,1-4H2;2*1H;/q;-1;;;+3/p-2. The van der Waals surface area contributed by atoms with Gasteiger partial charge in [0, 0.05) is 0 Å². The van der Waals surface area contributed by atoms with E-state index >= 15 is 0 Å². The minimum absolute atomic E-state index is 0.960. The molecule has 0 spiro atoms. The first-order valence-corrected chi connectivity index (χ1v) is 10.9. The predicted molar refractivity (Wildman–Crippen MR) is 62.2 cm³/mol. The fourth-order valence-electron chi connectivity index (χ4n) is 1.77. The number of halogens is 2. The summed E-state index contributed by atoms with van der Waals surface area (Å²) in [6.07, 6.45) is 0. The summed E-state index contributed by atoms with van der Waals surface area (Å²) in [4.78, 5) is 0. The molecule has 0 aromatic heterocycles. The summed E-state index contributed by atoms with van der Waals surface area (Å²) in [6.45, 7) is 3.89. The number of hydrogen-bond donors (Lipinski definition) is 1. The Bertz CT molecular complexity index is 312. The van der Waals surface area contributed by atoms with Crippen LogP contribution in [0.15, 0.2) is 30.3 Å². The molecule has 0 atom stereocenters. The summed E-state index contributed by atoms with van der Waals surface area (Å²) in [5.74, 6) is 0. The average molecular weight is 281 g/mol. The summed E-state index contributed by atoms with van der Waals surface area (Å²) in [7, 11) is 13.2. The zero-order chi connectivity index (χ0) is 10.7. The minimum atomic E-state index is -2.98. The van der Waals surface area contributed by atoms with Gasteiger partial charge >= 0.3 is 102 Å². The Morgan fingerprint density at radius 3 is 2.27 bits per heavy atom. The monoisotopic (exact) mass is 280 g/mol. The maximum absolute atomic E-state index is 6.59. The van der Waals surface area contributed by atoms with Gasteiger partial charge in [0.25, 0.3) is 0 Å². The van der Waals surface area contributed by atoms with Crippen LogP contribution in [0.4, 0.5) is 0 Å². The van der Waals surface area contributed by atoms with Crippen LogP contribution in [-0.2, 0) is 14.7 Å². The summed E-state index contributed by atoms with van der Waals surface area (Å²) in [6, 6.07) is 10.1. The number of nitrogens with one attached hydrogen (secondary N) is 1. The van der Waals surface area contributed by atoms with Gasteiger partial charge in [-0.15, -0.1) is 0 Å². The molecule has 2 nitrogen and oxygen atoms in total. The molecule has 1 aromatic rings. The van der Waals surface area contributed by atoms with Crippen molar-refractivity contribution in [3.63, 3.8) is 0 Å². The van der Waals surface area contributed by atoms with E-state index in [1.54, 1.807) is 0 Å². The van der Waals surface area contributed by atoms with Crippen LogP contribution in [0.2, 0.25) is 0 Å². The van der Waals surface area contributed by atoms with Crippen molar-refractivity contribution in [2.75, 3.05) is 26.2 Å². The third kappa shape index (κ3) is 2.76. The zero-order valence-corrected chi connectivity index (χ0v) is 11.5. The zero-order valence-electron chi connectivity index (χ0n) is 8.42. The fraction of sp³-hybridized carbons (Fsp3) is 0.400. The van der Waals surface area contributed by atoms with Crippen LogP contribution < -0.4 is 9.18 Å². The van der Waals surface area contributed by atoms with E-state index in [4.69, 9.17) is 18.6 Å². The second-order valence-electron chi connectivity index (χ2n) is 3.64. The molecule has 0 unspecified atom stereocenters. The van der Waals surface area contributed by atoms with E-state index in [1.807, 2.05) is 30.3 Å². The molecule has 0 amide bonds. The van der Waals surface area contributed by atoms with Crippen molar-refractivity contribution in [2.24, 2.45) is 0 Å². The number of piperazine rings is 1. The Morgan fingerprint density at radius 1 is 1.07 bits per heavy atom. The van der Waals surface area contributed by atoms with Crippen LogP contribution in [0, 0.1) is 0 Å². The van der Waals surface area contributed by atoms with Crippen LogP contribution in [0.25, 0.3) is 0 Å². The predicted octanol–water partition coefficient (Wildman–Crippen LogP) is 1.59. The average Bonchev–Trinajstić information content (AvgIpc) is 2.31. The third-order valence-electron chi connectivity index (χ3n) is 2.64. The molecule has 2 rings (SSSR count). The molecule has 0 saturated carbocycles. The van der Waals surface area contributed by atoms with E-state index < -0.39 is 14.7 Å². The summed E-state index contributed by atoms with van der Waals surface area (Å²) >= 11 is -2.98. The molecule has 15 heavy (non-hydrogen) atoms. The molecule has 82 valence electrons. The molecule has 1 N–H and O–H groups in total. The van der Waals surface area contributed by atoms with Gasteiger partial charge in [-0.1, -0.05) is 0 Å². The molecule has 5 heteroatoms. The van der Waals surface area contributed by atoms with E-state index in [0.29, 0.717) is 0 Å². The second kappa shape index (κ2) is 5.18.